The van der Waals surface area contributed by atoms with Crippen molar-refractivity contribution in [2.75, 3.05) is 12.9 Å². The van der Waals surface area contributed by atoms with E-state index in [0.29, 0.717) is 5.75 Å². The normalized spacial score (nSPS) is 8.42. The fourth-order valence-corrected chi connectivity index (χ4v) is 0.729. The third-order valence-electron chi connectivity index (χ3n) is 0.797. The van der Waals surface area contributed by atoms with Crippen LogP contribution in [0.1, 0.15) is 0 Å². The lowest BCUT2D eigenvalue weighted by molar-refractivity contribution is 0.247. The first-order valence-electron chi connectivity index (χ1n) is 3.13. The Morgan fingerprint density at radius 2 is 2.50 bits per heavy atom. The molecule has 0 heterocycles. The standard InChI is InChI=1S/C6H11N3O2S/c1-3-4-12-9-6(10)8-5(7)11-2/h3H,1,4H2,2H3,(H3,7,8,9,10). The van der Waals surface area contributed by atoms with Gasteiger partial charge in [0, 0.05) is 5.75 Å². The molecule has 0 spiro atoms. The van der Waals surface area contributed by atoms with E-state index < -0.39 is 6.03 Å². The first kappa shape index (κ1) is 10.8. The zero-order valence-electron chi connectivity index (χ0n) is 6.72. The Morgan fingerprint density at radius 3 is 3.00 bits per heavy atom. The van der Waals surface area contributed by atoms with Crippen LogP contribution < -0.4 is 10.0 Å². The fourth-order valence-electron chi connectivity index (χ4n) is 0.346. The Kier molecular flexibility index (Phi) is 5.90. The molecule has 0 aliphatic rings. The summed E-state index contributed by atoms with van der Waals surface area (Å²) in [6, 6.07) is -0.764. The van der Waals surface area contributed by atoms with Gasteiger partial charge >= 0.3 is 6.03 Å². The van der Waals surface area contributed by atoms with Crippen LogP contribution >= 0.6 is 11.9 Å². The monoisotopic (exact) mass is 189 g/mol. The molecule has 0 aliphatic heterocycles. The van der Waals surface area contributed by atoms with Crippen LogP contribution in [0.25, 0.3) is 0 Å². The number of hydrogen-bond donors (Lipinski definition) is 3. The molecule has 68 valence electrons. The fraction of sp³-hybridized carbons (Fsp3) is 0.333. The number of carbonyl (C=O) groups excluding carboxylic acids is 1. The molecule has 0 aromatic heterocycles. The van der Waals surface area contributed by atoms with Crippen molar-refractivity contribution in [3.63, 3.8) is 0 Å². The van der Waals surface area contributed by atoms with Crippen molar-refractivity contribution in [1.29, 1.82) is 5.41 Å². The summed E-state index contributed by atoms with van der Waals surface area (Å²) in [5.74, 6) is 0.619. The molecular formula is C6H11N3O2S. The number of amides is 2. The zero-order valence-corrected chi connectivity index (χ0v) is 7.53. The maximum atomic E-state index is 10.8. The number of methoxy groups -OCH3 is 1. The van der Waals surface area contributed by atoms with Gasteiger partial charge in [0.2, 0.25) is 0 Å². The van der Waals surface area contributed by atoms with Crippen LogP contribution in [0.2, 0.25) is 0 Å². The van der Waals surface area contributed by atoms with Crippen molar-refractivity contribution in [3.05, 3.63) is 12.7 Å². The minimum absolute atomic E-state index is 0.285. The Bertz CT molecular complexity index is 184. The van der Waals surface area contributed by atoms with Crippen LogP contribution in [0.5, 0.6) is 0 Å². The molecule has 0 unspecified atom stereocenters. The van der Waals surface area contributed by atoms with Crippen LogP contribution in [-0.2, 0) is 4.74 Å². The zero-order chi connectivity index (χ0) is 9.40. The van der Waals surface area contributed by atoms with E-state index in [1.165, 1.54) is 19.1 Å². The second kappa shape index (κ2) is 6.53. The van der Waals surface area contributed by atoms with Gasteiger partial charge in [0.1, 0.15) is 0 Å². The van der Waals surface area contributed by atoms with Crippen molar-refractivity contribution in [2.45, 2.75) is 0 Å². The van der Waals surface area contributed by atoms with Crippen LogP contribution in [0.15, 0.2) is 12.7 Å². The van der Waals surface area contributed by atoms with E-state index in [1.807, 2.05) is 0 Å². The van der Waals surface area contributed by atoms with Crippen molar-refractivity contribution in [3.8, 4) is 0 Å². The molecule has 0 radical (unpaired) electrons. The lowest BCUT2D eigenvalue weighted by Gasteiger charge is -2.04. The van der Waals surface area contributed by atoms with Crippen molar-refractivity contribution in [2.24, 2.45) is 0 Å². The van der Waals surface area contributed by atoms with Crippen molar-refractivity contribution in [1.82, 2.24) is 10.0 Å². The Labute approximate surface area is 75.2 Å². The number of rotatable bonds is 3. The quantitative estimate of drug-likeness (QED) is 0.201. The maximum absolute atomic E-state index is 10.8. The molecular weight excluding hydrogens is 178 g/mol. The van der Waals surface area contributed by atoms with E-state index in [1.54, 1.807) is 6.08 Å². The lowest BCUT2D eigenvalue weighted by Crippen LogP contribution is -2.36. The van der Waals surface area contributed by atoms with Gasteiger partial charge in [-0.2, -0.15) is 0 Å². The van der Waals surface area contributed by atoms with Crippen molar-refractivity contribution >= 4 is 24.0 Å². The topological polar surface area (TPSA) is 74.2 Å². The van der Waals surface area contributed by atoms with E-state index in [0.717, 1.165) is 0 Å². The molecule has 0 fully saturated rings. The molecule has 2 amide bonds. The van der Waals surface area contributed by atoms with Crippen LogP contribution in [0.3, 0.4) is 0 Å². The Hall–Kier alpha value is -1.17. The average Bonchev–Trinajstić information content (AvgIpc) is 2.05. The predicted octanol–water partition coefficient (Wildman–Crippen LogP) is 0.701. The van der Waals surface area contributed by atoms with Crippen LogP contribution in [-0.4, -0.2) is 24.9 Å². The highest BCUT2D eigenvalue weighted by atomic mass is 32.2. The van der Waals surface area contributed by atoms with E-state index in [2.05, 4.69) is 21.4 Å². The van der Waals surface area contributed by atoms with Gasteiger partial charge in [0.25, 0.3) is 6.02 Å². The van der Waals surface area contributed by atoms with Gasteiger partial charge in [-0.15, -0.1) is 6.58 Å². The molecule has 0 aromatic rings. The third kappa shape index (κ3) is 5.60. The minimum Gasteiger partial charge on any atom is -0.468 e. The second-order valence-corrected chi connectivity index (χ2v) is 2.52. The highest BCUT2D eigenvalue weighted by molar-refractivity contribution is 7.98. The summed E-state index contributed by atoms with van der Waals surface area (Å²) in [6.45, 7) is 3.48. The number of amidine groups is 1. The number of urea groups is 1. The largest absolute Gasteiger partial charge is 0.468 e. The third-order valence-corrected chi connectivity index (χ3v) is 1.53. The maximum Gasteiger partial charge on any atom is 0.332 e. The van der Waals surface area contributed by atoms with E-state index in [4.69, 9.17) is 5.41 Å². The SMILES string of the molecule is C=CCSNC(=O)NC(=N)OC. The Morgan fingerprint density at radius 1 is 1.83 bits per heavy atom. The summed E-state index contributed by atoms with van der Waals surface area (Å²) in [6.07, 6.45) is 1.66. The summed E-state index contributed by atoms with van der Waals surface area (Å²) in [4.78, 5) is 10.8. The molecule has 5 nitrogen and oxygen atoms in total. The van der Waals surface area contributed by atoms with Gasteiger partial charge in [-0.05, 0) is 11.9 Å². The highest BCUT2D eigenvalue weighted by Gasteiger charge is 2.01. The molecule has 0 atom stereocenters. The first-order valence-corrected chi connectivity index (χ1v) is 4.11. The van der Waals surface area contributed by atoms with Gasteiger partial charge in [0.05, 0.1) is 7.11 Å². The van der Waals surface area contributed by atoms with Gasteiger partial charge in [-0.3, -0.25) is 15.4 Å². The molecule has 0 aliphatic carbocycles. The molecule has 6 heteroatoms. The molecule has 3 N–H and O–H groups in total. The van der Waals surface area contributed by atoms with E-state index in [9.17, 15) is 4.79 Å². The van der Waals surface area contributed by atoms with Crippen LogP contribution in [0, 0.1) is 5.41 Å². The summed E-state index contributed by atoms with van der Waals surface area (Å²) in [7, 11) is 1.31. The van der Waals surface area contributed by atoms with Gasteiger partial charge < -0.3 is 4.74 Å². The number of carbonyl (C=O) groups is 1. The van der Waals surface area contributed by atoms with Gasteiger partial charge in [-0.1, -0.05) is 6.08 Å². The van der Waals surface area contributed by atoms with E-state index in [-0.39, 0.29) is 6.02 Å². The van der Waals surface area contributed by atoms with Gasteiger partial charge in [0.15, 0.2) is 0 Å². The molecule has 0 bridgehead atoms. The number of ether oxygens (including phenoxy) is 1. The molecule has 12 heavy (non-hydrogen) atoms. The van der Waals surface area contributed by atoms with E-state index >= 15 is 0 Å². The highest BCUT2D eigenvalue weighted by Crippen LogP contribution is 1.91. The summed E-state index contributed by atoms with van der Waals surface area (Å²) in [5, 5.41) is 9.07. The Balaban J connectivity index is 3.46. The second-order valence-electron chi connectivity index (χ2n) is 1.69. The molecule has 0 rings (SSSR count). The average molecular weight is 189 g/mol. The number of nitrogens with one attached hydrogen (secondary N) is 3. The van der Waals surface area contributed by atoms with Crippen molar-refractivity contribution < 1.29 is 9.53 Å². The summed E-state index contributed by atoms with van der Waals surface area (Å²) < 4.78 is 6.83. The smallest absolute Gasteiger partial charge is 0.332 e. The number of hydrogen-bond acceptors (Lipinski definition) is 4. The molecule has 0 aromatic carbocycles. The summed E-state index contributed by atoms with van der Waals surface area (Å²) >= 11 is 1.18. The van der Waals surface area contributed by atoms with Crippen LogP contribution in [0.4, 0.5) is 4.79 Å². The molecule has 0 saturated carbocycles. The molecule has 0 saturated heterocycles. The minimum atomic E-state index is -0.478. The van der Waals surface area contributed by atoms with Gasteiger partial charge in [-0.25, -0.2) is 4.79 Å². The predicted molar refractivity (Wildman–Crippen MR) is 49.1 cm³/mol. The lowest BCUT2D eigenvalue weighted by atomic mass is 10.8. The summed E-state index contributed by atoms with van der Waals surface area (Å²) in [5.41, 5.74) is 0. The first-order chi connectivity index (χ1) is 5.70.